The summed E-state index contributed by atoms with van der Waals surface area (Å²) < 4.78 is 5.64. The van der Waals surface area contributed by atoms with E-state index in [1.807, 2.05) is 44.2 Å². The van der Waals surface area contributed by atoms with E-state index in [-0.39, 0.29) is 42.6 Å². The van der Waals surface area contributed by atoms with Gasteiger partial charge in [-0.1, -0.05) is 82.7 Å². The topological polar surface area (TPSA) is 143 Å². The Morgan fingerprint density at radius 2 is 1.55 bits per heavy atom. The SMILES string of the molecule is CC[C@H](C)[C@H](NC(=O)CCC(CC1CCCCC1)NC(=O)CNC(=O)[C@H](Cc1ccccc1)NC(=O)CCC[N+](C)(C)C)C(=O)OC. The molecular weight excluding hydrogens is 598 g/mol. The van der Waals surface area contributed by atoms with E-state index in [1.165, 1.54) is 13.5 Å². The highest BCUT2D eigenvalue weighted by Gasteiger charge is 2.28. The molecule has 11 heteroatoms. The third kappa shape index (κ3) is 16.3. The van der Waals surface area contributed by atoms with Crippen molar-refractivity contribution in [3.8, 4) is 0 Å². The lowest BCUT2D eigenvalue weighted by atomic mass is 9.84. The molecule has 1 saturated carbocycles. The van der Waals surface area contributed by atoms with E-state index in [0.29, 0.717) is 38.0 Å². The lowest BCUT2D eigenvalue weighted by molar-refractivity contribution is -0.870. The van der Waals surface area contributed by atoms with Gasteiger partial charge in [0.1, 0.15) is 12.1 Å². The standard InChI is InChI=1S/C36H59N5O6/c1-7-26(2)34(36(46)47-6)40-32(43)21-20-29(23-27-15-10-8-11-16-27)38-33(44)25-37-35(45)30(24-28-17-12-9-13-18-28)39-31(42)19-14-22-41(3,4)5/h9,12-13,17-18,26-27,29-30,34H,7-8,10-11,14-16,19-25H2,1-6H3,(H3-,37,38,39,40,42,43,44,45)/p+1/t26-,29?,30-,34-/m0/s1. The molecule has 11 nitrogen and oxygen atoms in total. The van der Waals surface area contributed by atoms with E-state index in [2.05, 4.69) is 42.4 Å². The third-order valence-electron chi connectivity index (χ3n) is 9.00. The highest BCUT2D eigenvalue weighted by molar-refractivity contribution is 5.91. The Morgan fingerprint density at radius 3 is 2.17 bits per heavy atom. The fourth-order valence-electron chi connectivity index (χ4n) is 6.03. The zero-order valence-corrected chi connectivity index (χ0v) is 29.6. The average molecular weight is 659 g/mol. The van der Waals surface area contributed by atoms with Crippen molar-refractivity contribution in [3.05, 3.63) is 35.9 Å². The number of nitrogens with one attached hydrogen (secondary N) is 4. The number of methoxy groups -OCH3 is 1. The molecule has 0 heterocycles. The first-order valence-electron chi connectivity index (χ1n) is 17.4. The number of carbonyl (C=O) groups excluding carboxylic acids is 5. The first-order valence-corrected chi connectivity index (χ1v) is 17.4. The maximum absolute atomic E-state index is 13.3. The average Bonchev–Trinajstić information content (AvgIpc) is 3.04. The van der Waals surface area contributed by atoms with E-state index in [1.54, 1.807) is 0 Å². The van der Waals surface area contributed by atoms with Crippen molar-refractivity contribution in [1.29, 1.82) is 0 Å². The summed E-state index contributed by atoms with van der Waals surface area (Å²) >= 11 is 0. The summed E-state index contributed by atoms with van der Waals surface area (Å²) in [5.74, 6) is -1.33. The molecule has 1 aliphatic carbocycles. The normalized spacial score (nSPS) is 16.2. The molecule has 47 heavy (non-hydrogen) atoms. The Hall–Kier alpha value is -3.47. The number of carbonyl (C=O) groups is 5. The number of benzene rings is 1. The van der Waals surface area contributed by atoms with Crippen molar-refractivity contribution >= 4 is 29.6 Å². The number of rotatable bonds is 20. The second-order valence-electron chi connectivity index (χ2n) is 14.1. The van der Waals surface area contributed by atoms with E-state index in [9.17, 15) is 24.0 Å². The fraction of sp³-hybridized carbons (Fsp3) is 0.694. The lowest BCUT2D eigenvalue weighted by Crippen LogP contribution is -2.51. The molecule has 1 unspecified atom stereocenters. The molecule has 4 N–H and O–H groups in total. The van der Waals surface area contributed by atoms with Gasteiger partial charge in [0.15, 0.2) is 0 Å². The first-order chi connectivity index (χ1) is 22.3. The third-order valence-corrected chi connectivity index (χ3v) is 9.00. The molecule has 0 spiro atoms. The van der Waals surface area contributed by atoms with Crippen molar-refractivity contribution in [2.45, 2.75) is 109 Å². The maximum Gasteiger partial charge on any atom is 0.328 e. The second-order valence-corrected chi connectivity index (χ2v) is 14.1. The van der Waals surface area contributed by atoms with Crippen LogP contribution in [-0.2, 0) is 35.1 Å². The van der Waals surface area contributed by atoms with Gasteiger partial charge in [0.25, 0.3) is 0 Å². The predicted octanol–water partition coefficient (Wildman–Crippen LogP) is 3.26. The van der Waals surface area contributed by atoms with Crippen LogP contribution in [0.4, 0.5) is 0 Å². The molecule has 264 valence electrons. The number of esters is 1. The van der Waals surface area contributed by atoms with E-state index < -0.39 is 24.0 Å². The Balaban J connectivity index is 2.01. The number of amides is 4. The molecule has 1 aromatic carbocycles. The second kappa shape index (κ2) is 20.7. The van der Waals surface area contributed by atoms with Crippen LogP contribution < -0.4 is 21.3 Å². The number of hydrogen-bond donors (Lipinski definition) is 4. The van der Waals surface area contributed by atoms with E-state index in [4.69, 9.17) is 4.74 Å². The maximum atomic E-state index is 13.3. The van der Waals surface area contributed by atoms with Gasteiger partial charge in [-0.25, -0.2) is 4.79 Å². The zero-order chi connectivity index (χ0) is 34.8. The van der Waals surface area contributed by atoms with Crippen molar-refractivity contribution in [1.82, 2.24) is 21.3 Å². The van der Waals surface area contributed by atoms with Crippen LogP contribution >= 0.6 is 0 Å². The molecule has 1 aliphatic rings. The highest BCUT2D eigenvalue weighted by Crippen LogP contribution is 2.28. The minimum Gasteiger partial charge on any atom is -0.467 e. The molecule has 0 saturated heterocycles. The summed E-state index contributed by atoms with van der Waals surface area (Å²) in [6.07, 6.45) is 9.01. The summed E-state index contributed by atoms with van der Waals surface area (Å²) in [4.78, 5) is 64.4. The van der Waals surface area contributed by atoms with Crippen molar-refractivity contribution in [2.24, 2.45) is 11.8 Å². The summed E-state index contributed by atoms with van der Waals surface area (Å²) in [6.45, 7) is 4.43. The zero-order valence-electron chi connectivity index (χ0n) is 29.6. The molecule has 4 atom stereocenters. The van der Waals surface area contributed by atoms with Crippen molar-refractivity contribution in [3.63, 3.8) is 0 Å². The fourth-order valence-corrected chi connectivity index (χ4v) is 6.03. The molecule has 1 aromatic rings. The van der Waals surface area contributed by atoms with Gasteiger partial charge in [0, 0.05) is 31.7 Å². The minimum atomic E-state index is -0.822. The van der Waals surface area contributed by atoms with Crippen LogP contribution in [0.3, 0.4) is 0 Å². The predicted molar refractivity (Wildman–Crippen MR) is 183 cm³/mol. The molecule has 4 amide bonds. The Morgan fingerprint density at radius 1 is 0.894 bits per heavy atom. The quantitative estimate of drug-likeness (QED) is 0.125. The largest absolute Gasteiger partial charge is 0.467 e. The van der Waals surface area contributed by atoms with E-state index >= 15 is 0 Å². The van der Waals surface area contributed by atoms with Crippen LogP contribution in [0.25, 0.3) is 0 Å². The monoisotopic (exact) mass is 658 g/mol. The van der Waals surface area contributed by atoms with Crippen LogP contribution in [0.5, 0.6) is 0 Å². The van der Waals surface area contributed by atoms with Gasteiger partial charge >= 0.3 is 5.97 Å². The first kappa shape index (κ1) is 39.7. The van der Waals surface area contributed by atoms with E-state index in [0.717, 1.165) is 48.7 Å². The smallest absolute Gasteiger partial charge is 0.328 e. The molecular formula is C36H60N5O6+. The van der Waals surface area contributed by atoms with Gasteiger partial charge in [0.05, 0.1) is 41.3 Å². The molecule has 0 radical (unpaired) electrons. The Bertz CT molecular complexity index is 1130. The molecule has 0 aromatic heterocycles. The van der Waals surface area contributed by atoms with Gasteiger partial charge in [0.2, 0.25) is 23.6 Å². The Kier molecular flexibility index (Phi) is 17.5. The molecule has 1 fully saturated rings. The number of hydrogen-bond acceptors (Lipinski definition) is 6. The van der Waals surface area contributed by atoms with Gasteiger partial charge in [-0.05, 0) is 30.2 Å². The Labute approximate surface area is 281 Å². The number of ether oxygens (including phenoxy) is 1. The molecule has 0 bridgehead atoms. The van der Waals surface area contributed by atoms with Crippen LogP contribution in [0.1, 0.15) is 90.0 Å². The van der Waals surface area contributed by atoms with Crippen molar-refractivity contribution < 1.29 is 33.2 Å². The van der Waals surface area contributed by atoms with Crippen LogP contribution in [0.2, 0.25) is 0 Å². The lowest BCUT2D eigenvalue weighted by Gasteiger charge is -2.28. The minimum absolute atomic E-state index is 0.0778. The number of nitrogens with zero attached hydrogens (tertiary/aromatic N) is 1. The van der Waals surface area contributed by atoms with Crippen LogP contribution in [0, 0.1) is 11.8 Å². The number of quaternary nitrogens is 1. The summed E-state index contributed by atoms with van der Waals surface area (Å²) in [5.41, 5.74) is 0.900. The van der Waals surface area contributed by atoms with Gasteiger partial charge in [-0.15, -0.1) is 0 Å². The van der Waals surface area contributed by atoms with Crippen LogP contribution in [0.15, 0.2) is 30.3 Å². The van der Waals surface area contributed by atoms with Crippen LogP contribution in [-0.4, -0.2) is 93.5 Å². The summed E-state index contributed by atoms with van der Waals surface area (Å²) in [6, 6.07) is 7.66. The summed E-state index contributed by atoms with van der Waals surface area (Å²) in [7, 11) is 7.51. The summed E-state index contributed by atoms with van der Waals surface area (Å²) in [5, 5.41) is 11.5. The van der Waals surface area contributed by atoms with Gasteiger partial charge < -0.3 is 30.5 Å². The molecule has 0 aliphatic heterocycles. The van der Waals surface area contributed by atoms with Gasteiger partial charge in [-0.2, -0.15) is 0 Å². The molecule has 2 rings (SSSR count). The van der Waals surface area contributed by atoms with Gasteiger partial charge in [-0.3, -0.25) is 19.2 Å². The van der Waals surface area contributed by atoms with Crippen molar-refractivity contribution in [2.75, 3.05) is 41.3 Å². The highest BCUT2D eigenvalue weighted by atomic mass is 16.5.